The summed E-state index contributed by atoms with van der Waals surface area (Å²) in [6, 6.07) is 9.44. The van der Waals surface area contributed by atoms with E-state index >= 15 is 0 Å². The van der Waals surface area contributed by atoms with Gasteiger partial charge in [0.25, 0.3) is 5.56 Å². The van der Waals surface area contributed by atoms with Gasteiger partial charge in [-0.2, -0.15) is 0 Å². The molecule has 0 spiro atoms. The number of benzene rings is 1. The standard InChI is InChI=1S/C13H14BrN3O/c14-10-3-1-9(2-4-10)7-12-16-11(5-6-15)8-13(18)17-12/h1-4,8H,5-7,15H2,(H,16,17,18). The Morgan fingerprint density at radius 1 is 1.28 bits per heavy atom. The number of nitrogens with zero attached hydrogens (tertiary/aromatic N) is 1. The Hall–Kier alpha value is -1.46. The second-order valence-corrected chi connectivity index (χ2v) is 4.94. The fraction of sp³-hybridized carbons (Fsp3) is 0.231. The van der Waals surface area contributed by atoms with Crippen molar-refractivity contribution in [2.45, 2.75) is 12.8 Å². The molecule has 0 saturated heterocycles. The van der Waals surface area contributed by atoms with Gasteiger partial charge in [-0.25, -0.2) is 4.98 Å². The van der Waals surface area contributed by atoms with Crippen LogP contribution in [0.2, 0.25) is 0 Å². The minimum Gasteiger partial charge on any atom is -0.330 e. The topological polar surface area (TPSA) is 71.8 Å². The van der Waals surface area contributed by atoms with Crippen LogP contribution in [0.3, 0.4) is 0 Å². The fourth-order valence-electron chi connectivity index (χ4n) is 1.72. The molecule has 0 atom stereocenters. The lowest BCUT2D eigenvalue weighted by molar-refractivity contribution is 0.854. The van der Waals surface area contributed by atoms with Crippen molar-refractivity contribution in [3.05, 3.63) is 62.2 Å². The number of aromatic amines is 1. The van der Waals surface area contributed by atoms with E-state index in [9.17, 15) is 4.79 Å². The molecule has 0 bridgehead atoms. The highest BCUT2D eigenvalue weighted by Crippen LogP contribution is 2.12. The average Bonchev–Trinajstić information content (AvgIpc) is 2.32. The number of rotatable bonds is 4. The van der Waals surface area contributed by atoms with E-state index in [0.717, 1.165) is 15.7 Å². The molecular weight excluding hydrogens is 294 g/mol. The number of nitrogens with one attached hydrogen (secondary N) is 1. The number of H-pyrrole nitrogens is 1. The van der Waals surface area contributed by atoms with E-state index in [0.29, 0.717) is 25.2 Å². The van der Waals surface area contributed by atoms with Gasteiger partial charge in [-0.1, -0.05) is 28.1 Å². The van der Waals surface area contributed by atoms with Gasteiger partial charge in [0.1, 0.15) is 5.82 Å². The van der Waals surface area contributed by atoms with E-state index in [1.54, 1.807) is 0 Å². The Morgan fingerprint density at radius 2 is 2.00 bits per heavy atom. The first-order valence-electron chi connectivity index (χ1n) is 5.71. The molecule has 0 aliphatic heterocycles. The van der Waals surface area contributed by atoms with Crippen LogP contribution in [0, 0.1) is 0 Å². The van der Waals surface area contributed by atoms with Crippen LogP contribution in [0.4, 0.5) is 0 Å². The summed E-state index contributed by atoms with van der Waals surface area (Å²) < 4.78 is 1.03. The summed E-state index contributed by atoms with van der Waals surface area (Å²) in [5.74, 6) is 0.674. The highest BCUT2D eigenvalue weighted by Gasteiger charge is 2.02. The SMILES string of the molecule is NCCc1cc(=O)[nH]c(Cc2ccc(Br)cc2)n1. The first-order chi connectivity index (χ1) is 8.67. The van der Waals surface area contributed by atoms with Crippen molar-refractivity contribution in [3.63, 3.8) is 0 Å². The lowest BCUT2D eigenvalue weighted by atomic mass is 10.1. The van der Waals surface area contributed by atoms with Crippen molar-refractivity contribution < 1.29 is 0 Å². The molecule has 0 aliphatic carbocycles. The maximum atomic E-state index is 11.5. The Labute approximate surface area is 113 Å². The molecule has 0 aliphatic rings. The van der Waals surface area contributed by atoms with Crippen LogP contribution in [-0.4, -0.2) is 16.5 Å². The van der Waals surface area contributed by atoms with E-state index in [-0.39, 0.29) is 5.56 Å². The van der Waals surface area contributed by atoms with Gasteiger partial charge in [0.15, 0.2) is 0 Å². The highest BCUT2D eigenvalue weighted by molar-refractivity contribution is 9.10. The van der Waals surface area contributed by atoms with Crippen LogP contribution in [0.1, 0.15) is 17.1 Å². The zero-order valence-electron chi connectivity index (χ0n) is 9.82. The normalized spacial score (nSPS) is 10.6. The maximum Gasteiger partial charge on any atom is 0.251 e. The summed E-state index contributed by atoms with van der Waals surface area (Å²) >= 11 is 3.39. The third-order valence-electron chi connectivity index (χ3n) is 2.53. The van der Waals surface area contributed by atoms with Crippen LogP contribution in [0.25, 0.3) is 0 Å². The smallest absolute Gasteiger partial charge is 0.251 e. The van der Waals surface area contributed by atoms with Crippen molar-refractivity contribution in [2.75, 3.05) is 6.54 Å². The quantitative estimate of drug-likeness (QED) is 0.901. The zero-order chi connectivity index (χ0) is 13.0. The van der Waals surface area contributed by atoms with E-state index in [1.807, 2.05) is 24.3 Å². The molecule has 0 amide bonds. The summed E-state index contributed by atoms with van der Waals surface area (Å²) in [5, 5.41) is 0. The summed E-state index contributed by atoms with van der Waals surface area (Å²) in [4.78, 5) is 18.6. The van der Waals surface area contributed by atoms with E-state index in [2.05, 4.69) is 25.9 Å². The second-order valence-electron chi connectivity index (χ2n) is 4.03. The van der Waals surface area contributed by atoms with Crippen molar-refractivity contribution >= 4 is 15.9 Å². The van der Waals surface area contributed by atoms with Gasteiger partial charge in [-0.05, 0) is 24.2 Å². The largest absolute Gasteiger partial charge is 0.330 e. The van der Waals surface area contributed by atoms with Gasteiger partial charge in [0.05, 0.1) is 0 Å². The number of hydrogen-bond acceptors (Lipinski definition) is 3. The average molecular weight is 308 g/mol. The summed E-state index contributed by atoms with van der Waals surface area (Å²) in [6.45, 7) is 0.494. The Morgan fingerprint density at radius 3 is 2.67 bits per heavy atom. The van der Waals surface area contributed by atoms with Gasteiger partial charge in [-0.3, -0.25) is 4.79 Å². The molecule has 1 aromatic carbocycles. The lowest BCUT2D eigenvalue weighted by Gasteiger charge is -2.04. The molecule has 2 rings (SSSR count). The molecule has 2 aromatic rings. The minimum absolute atomic E-state index is 0.124. The monoisotopic (exact) mass is 307 g/mol. The predicted octanol–water partition coefficient (Wildman–Crippen LogP) is 1.62. The van der Waals surface area contributed by atoms with Crippen molar-refractivity contribution in [3.8, 4) is 0 Å². The van der Waals surface area contributed by atoms with Gasteiger partial charge >= 0.3 is 0 Å². The molecule has 0 saturated carbocycles. The van der Waals surface area contributed by atoms with Crippen LogP contribution < -0.4 is 11.3 Å². The summed E-state index contributed by atoms with van der Waals surface area (Å²) in [7, 11) is 0. The van der Waals surface area contributed by atoms with E-state index in [1.165, 1.54) is 6.07 Å². The van der Waals surface area contributed by atoms with Crippen LogP contribution in [0.5, 0.6) is 0 Å². The Balaban J connectivity index is 2.23. The summed E-state index contributed by atoms with van der Waals surface area (Å²) in [6.07, 6.45) is 1.23. The molecule has 5 heteroatoms. The number of aromatic nitrogens is 2. The Kier molecular flexibility index (Phi) is 4.28. The van der Waals surface area contributed by atoms with Crippen LogP contribution >= 0.6 is 15.9 Å². The summed E-state index contributed by atoms with van der Waals surface area (Å²) in [5.41, 5.74) is 7.19. The van der Waals surface area contributed by atoms with Crippen LogP contribution in [0.15, 0.2) is 39.6 Å². The second kappa shape index (κ2) is 5.93. The first kappa shape index (κ1) is 13.0. The molecular formula is C13H14BrN3O. The number of nitrogens with two attached hydrogens (primary N) is 1. The Bertz CT molecular complexity index is 578. The molecule has 0 radical (unpaired) electrons. The maximum absolute atomic E-state index is 11.5. The van der Waals surface area contributed by atoms with Crippen molar-refractivity contribution in [2.24, 2.45) is 5.73 Å². The lowest BCUT2D eigenvalue weighted by Crippen LogP contribution is -2.15. The third-order valence-corrected chi connectivity index (χ3v) is 3.06. The molecule has 1 heterocycles. The molecule has 0 fully saturated rings. The molecule has 4 nitrogen and oxygen atoms in total. The molecule has 18 heavy (non-hydrogen) atoms. The van der Waals surface area contributed by atoms with Crippen molar-refractivity contribution in [1.29, 1.82) is 0 Å². The van der Waals surface area contributed by atoms with Crippen molar-refractivity contribution in [1.82, 2.24) is 9.97 Å². The van der Waals surface area contributed by atoms with E-state index in [4.69, 9.17) is 5.73 Å². The zero-order valence-corrected chi connectivity index (χ0v) is 11.4. The molecule has 94 valence electrons. The first-order valence-corrected chi connectivity index (χ1v) is 6.50. The third kappa shape index (κ3) is 3.51. The number of hydrogen-bond donors (Lipinski definition) is 2. The van der Waals surface area contributed by atoms with E-state index < -0.39 is 0 Å². The van der Waals surface area contributed by atoms with Gasteiger partial charge in [-0.15, -0.1) is 0 Å². The molecule has 1 aromatic heterocycles. The van der Waals surface area contributed by atoms with Gasteiger partial charge < -0.3 is 10.7 Å². The highest BCUT2D eigenvalue weighted by atomic mass is 79.9. The van der Waals surface area contributed by atoms with Gasteiger partial charge in [0, 0.05) is 29.1 Å². The fourth-order valence-corrected chi connectivity index (χ4v) is 1.98. The number of halogens is 1. The predicted molar refractivity (Wildman–Crippen MR) is 74.6 cm³/mol. The van der Waals surface area contributed by atoms with Gasteiger partial charge in [0.2, 0.25) is 0 Å². The minimum atomic E-state index is -0.124. The van der Waals surface area contributed by atoms with Crippen LogP contribution in [-0.2, 0) is 12.8 Å². The molecule has 3 N–H and O–H groups in total. The molecule has 0 unspecified atom stereocenters.